The van der Waals surface area contributed by atoms with Crippen molar-refractivity contribution in [3.05, 3.63) is 70.2 Å². The molecular weight excluding hydrogens is 434 g/mol. The zero-order chi connectivity index (χ0) is 20.5. The summed E-state index contributed by atoms with van der Waals surface area (Å²) < 4.78 is 0.866. The van der Waals surface area contributed by atoms with Gasteiger partial charge in [0.25, 0.3) is 5.91 Å². The van der Waals surface area contributed by atoms with Crippen LogP contribution >= 0.6 is 15.9 Å². The number of hydrazine groups is 1. The fourth-order valence-corrected chi connectivity index (χ4v) is 4.05. The summed E-state index contributed by atoms with van der Waals surface area (Å²) in [5.74, 6) is -1.30. The maximum absolute atomic E-state index is 12.9. The summed E-state index contributed by atoms with van der Waals surface area (Å²) in [6.45, 7) is 1.91. The summed E-state index contributed by atoms with van der Waals surface area (Å²) in [6.07, 6.45) is 5.01. The van der Waals surface area contributed by atoms with Crippen LogP contribution in [0.2, 0.25) is 0 Å². The van der Waals surface area contributed by atoms with E-state index in [0.29, 0.717) is 29.8 Å². The first-order valence-electron chi connectivity index (χ1n) is 9.41. The number of fused-ring (bicyclic) bond motifs is 1. The summed E-state index contributed by atoms with van der Waals surface area (Å²) in [7, 11) is 0. The molecule has 2 aliphatic rings. The normalized spacial score (nSPS) is 20.8. The highest BCUT2D eigenvalue weighted by Crippen LogP contribution is 2.32. The fraction of sp³-hybridized carbons (Fsp3) is 0.227. The van der Waals surface area contributed by atoms with Crippen LogP contribution in [0.15, 0.2) is 59.1 Å². The van der Waals surface area contributed by atoms with Crippen LogP contribution in [0.5, 0.6) is 0 Å². The van der Waals surface area contributed by atoms with Crippen molar-refractivity contribution >= 4 is 45.0 Å². The summed E-state index contributed by atoms with van der Waals surface area (Å²) in [4.78, 5) is 38.2. The Hall–Kier alpha value is -2.93. The van der Waals surface area contributed by atoms with Gasteiger partial charge < -0.3 is 5.32 Å². The van der Waals surface area contributed by atoms with Crippen molar-refractivity contribution in [1.29, 1.82) is 0 Å². The van der Waals surface area contributed by atoms with Crippen molar-refractivity contribution in [3.8, 4) is 0 Å². The smallest absolute Gasteiger partial charge is 0.255 e. The number of benzene rings is 2. The van der Waals surface area contributed by atoms with Gasteiger partial charge in [-0.1, -0.05) is 40.2 Å². The number of aryl methyl sites for hydroxylation is 1. The van der Waals surface area contributed by atoms with Crippen LogP contribution in [-0.2, 0) is 9.59 Å². The highest BCUT2D eigenvalue weighted by Gasteiger charge is 2.42. The molecule has 1 saturated heterocycles. The molecule has 7 heteroatoms. The largest absolute Gasteiger partial charge is 0.322 e. The second-order valence-electron chi connectivity index (χ2n) is 7.27. The van der Waals surface area contributed by atoms with E-state index in [-0.39, 0.29) is 29.6 Å². The van der Waals surface area contributed by atoms with Gasteiger partial charge in [0.2, 0.25) is 11.8 Å². The third-order valence-corrected chi connectivity index (χ3v) is 5.84. The van der Waals surface area contributed by atoms with Crippen LogP contribution in [-0.4, -0.2) is 17.7 Å². The van der Waals surface area contributed by atoms with E-state index in [4.69, 9.17) is 0 Å². The Labute approximate surface area is 177 Å². The summed E-state index contributed by atoms with van der Waals surface area (Å²) in [6, 6.07) is 12.3. The van der Waals surface area contributed by atoms with Gasteiger partial charge in [-0.2, -0.15) is 0 Å². The predicted octanol–water partition coefficient (Wildman–Crippen LogP) is 3.97. The molecule has 2 unspecified atom stereocenters. The lowest BCUT2D eigenvalue weighted by atomic mass is 9.80. The summed E-state index contributed by atoms with van der Waals surface area (Å²) in [5.41, 5.74) is 5.19. The SMILES string of the molecule is Cc1ccc(Br)cc1NC(=O)c1cccc(N2NC(=O)C3CC=CCC3C2=O)c1. The molecule has 2 atom stereocenters. The summed E-state index contributed by atoms with van der Waals surface area (Å²) in [5, 5.41) is 4.16. The lowest BCUT2D eigenvalue weighted by Gasteiger charge is -2.38. The molecule has 0 aromatic heterocycles. The predicted molar refractivity (Wildman–Crippen MR) is 114 cm³/mol. The van der Waals surface area contributed by atoms with Gasteiger partial charge in [0, 0.05) is 15.7 Å². The number of hydrogen-bond donors (Lipinski definition) is 2. The second-order valence-corrected chi connectivity index (χ2v) is 8.18. The average molecular weight is 454 g/mol. The minimum absolute atomic E-state index is 0.153. The molecule has 4 rings (SSSR count). The molecule has 1 aliphatic heterocycles. The lowest BCUT2D eigenvalue weighted by molar-refractivity contribution is -0.139. The minimum atomic E-state index is -0.365. The molecule has 0 saturated carbocycles. The van der Waals surface area contributed by atoms with E-state index in [9.17, 15) is 14.4 Å². The number of hydrogen-bond acceptors (Lipinski definition) is 3. The number of carbonyl (C=O) groups excluding carboxylic acids is 3. The Balaban J connectivity index is 1.58. The first-order chi connectivity index (χ1) is 13.9. The average Bonchev–Trinajstić information content (AvgIpc) is 2.73. The molecular formula is C22H20BrN3O3. The number of amides is 3. The molecule has 1 heterocycles. The van der Waals surface area contributed by atoms with E-state index in [1.165, 1.54) is 5.01 Å². The fourth-order valence-electron chi connectivity index (χ4n) is 3.69. The Morgan fingerprint density at radius 2 is 1.86 bits per heavy atom. The molecule has 29 heavy (non-hydrogen) atoms. The molecule has 1 fully saturated rings. The van der Waals surface area contributed by atoms with Gasteiger partial charge >= 0.3 is 0 Å². The molecule has 3 amide bonds. The van der Waals surface area contributed by atoms with E-state index >= 15 is 0 Å². The van der Waals surface area contributed by atoms with E-state index < -0.39 is 0 Å². The molecule has 2 aromatic rings. The number of nitrogens with zero attached hydrogens (tertiary/aromatic N) is 1. The Morgan fingerprint density at radius 3 is 2.66 bits per heavy atom. The third kappa shape index (κ3) is 3.82. The summed E-state index contributed by atoms with van der Waals surface area (Å²) >= 11 is 3.41. The van der Waals surface area contributed by atoms with Gasteiger partial charge in [-0.15, -0.1) is 0 Å². The first kappa shape index (κ1) is 19.4. The molecule has 0 radical (unpaired) electrons. The van der Waals surface area contributed by atoms with Crippen LogP contribution < -0.4 is 15.8 Å². The van der Waals surface area contributed by atoms with Crippen LogP contribution in [0.25, 0.3) is 0 Å². The molecule has 0 bridgehead atoms. The van der Waals surface area contributed by atoms with Crippen LogP contribution in [0, 0.1) is 18.8 Å². The van der Waals surface area contributed by atoms with Gasteiger partial charge in [0.05, 0.1) is 17.5 Å². The van der Waals surface area contributed by atoms with Crippen molar-refractivity contribution in [2.75, 3.05) is 10.3 Å². The zero-order valence-corrected chi connectivity index (χ0v) is 17.4. The van der Waals surface area contributed by atoms with E-state index in [2.05, 4.69) is 26.7 Å². The van der Waals surface area contributed by atoms with Crippen LogP contribution in [0.1, 0.15) is 28.8 Å². The van der Waals surface area contributed by atoms with Gasteiger partial charge in [-0.3, -0.25) is 19.8 Å². The monoisotopic (exact) mass is 453 g/mol. The van der Waals surface area contributed by atoms with Crippen molar-refractivity contribution in [2.45, 2.75) is 19.8 Å². The molecule has 6 nitrogen and oxygen atoms in total. The van der Waals surface area contributed by atoms with Crippen LogP contribution in [0.3, 0.4) is 0 Å². The van der Waals surface area contributed by atoms with Gasteiger partial charge in [-0.05, 0) is 55.7 Å². The molecule has 1 aliphatic carbocycles. The minimum Gasteiger partial charge on any atom is -0.322 e. The molecule has 2 aromatic carbocycles. The maximum atomic E-state index is 12.9. The standard InChI is InChI=1S/C22H20BrN3O3/c1-13-9-10-15(23)12-19(13)24-20(27)14-5-4-6-16(11-14)26-22(29)18-8-3-2-7-17(18)21(28)25-26/h2-6,9-12,17-18H,7-8H2,1H3,(H,24,27)(H,25,28). The van der Waals surface area contributed by atoms with E-state index in [0.717, 1.165) is 10.0 Å². The first-order valence-corrected chi connectivity index (χ1v) is 10.2. The number of anilines is 2. The van der Waals surface area contributed by atoms with Gasteiger partial charge in [-0.25, -0.2) is 5.01 Å². The number of nitrogens with one attached hydrogen (secondary N) is 2. The highest BCUT2D eigenvalue weighted by atomic mass is 79.9. The number of halogens is 1. The van der Waals surface area contributed by atoms with Gasteiger partial charge in [0.15, 0.2) is 0 Å². The van der Waals surface area contributed by atoms with Crippen molar-refractivity contribution in [1.82, 2.24) is 5.43 Å². The van der Waals surface area contributed by atoms with Gasteiger partial charge in [0.1, 0.15) is 0 Å². The number of carbonyl (C=O) groups is 3. The topological polar surface area (TPSA) is 78.5 Å². The molecule has 0 spiro atoms. The van der Waals surface area contributed by atoms with E-state index in [1.807, 2.05) is 37.3 Å². The lowest BCUT2D eigenvalue weighted by Crippen LogP contribution is -2.59. The quantitative estimate of drug-likeness (QED) is 0.690. The van der Waals surface area contributed by atoms with E-state index in [1.54, 1.807) is 24.3 Å². The number of allylic oxidation sites excluding steroid dienone is 2. The zero-order valence-electron chi connectivity index (χ0n) is 15.8. The Morgan fingerprint density at radius 1 is 1.10 bits per heavy atom. The van der Waals surface area contributed by atoms with Crippen molar-refractivity contribution < 1.29 is 14.4 Å². The van der Waals surface area contributed by atoms with Crippen LogP contribution in [0.4, 0.5) is 11.4 Å². The number of rotatable bonds is 3. The Kier molecular flexibility index (Phi) is 5.24. The third-order valence-electron chi connectivity index (χ3n) is 5.34. The Bertz CT molecular complexity index is 1030. The maximum Gasteiger partial charge on any atom is 0.255 e. The van der Waals surface area contributed by atoms with Crippen molar-refractivity contribution in [2.24, 2.45) is 11.8 Å². The highest BCUT2D eigenvalue weighted by molar-refractivity contribution is 9.10. The second kappa shape index (κ2) is 7.83. The molecule has 148 valence electrons. The van der Waals surface area contributed by atoms with Crippen molar-refractivity contribution in [3.63, 3.8) is 0 Å². The molecule has 2 N–H and O–H groups in total.